The molecule has 0 aliphatic carbocycles. The van der Waals surface area contributed by atoms with Gasteiger partial charge in [-0.2, -0.15) is 5.10 Å². The van der Waals surface area contributed by atoms with E-state index in [0.717, 1.165) is 22.6 Å². The van der Waals surface area contributed by atoms with Crippen LogP contribution < -0.4 is 4.74 Å². The summed E-state index contributed by atoms with van der Waals surface area (Å²) in [5, 5.41) is 4.64. The van der Waals surface area contributed by atoms with E-state index < -0.39 is 5.97 Å². The number of carbonyl (C=O) groups is 1. The molecule has 0 aliphatic rings. The second-order valence-electron chi connectivity index (χ2n) is 7.55. The lowest BCUT2D eigenvalue weighted by atomic mass is 10.1. The fourth-order valence-corrected chi connectivity index (χ4v) is 3.50. The summed E-state index contributed by atoms with van der Waals surface area (Å²) >= 11 is 0. The van der Waals surface area contributed by atoms with Crippen molar-refractivity contribution in [3.8, 4) is 28.4 Å². The number of carbonyl (C=O) groups excluding carboxylic acids is 1. The van der Waals surface area contributed by atoms with Crippen molar-refractivity contribution in [3.05, 3.63) is 127 Å². The third kappa shape index (κ3) is 4.86. The zero-order valence-corrected chi connectivity index (χ0v) is 18.2. The van der Waals surface area contributed by atoms with Gasteiger partial charge in [0.1, 0.15) is 29.4 Å². The number of aromatic nitrogens is 3. The monoisotopic (exact) mass is 447 g/mol. The van der Waals surface area contributed by atoms with Crippen LogP contribution in [-0.2, 0) is 11.3 Å². The van der Waals surface area contributed by atoms with Gasteiger partial charge in [-0.25, -0.2) is 9.48 Å². The van der Waals surface area contributed by atoms with Gasteiger partial charge in [0, 0.05) is 24.2 Å². The second kappa shape index (κ2) is 9.83. The standard InChI is InChI=1S/C28H21N3O3/c32-28(33-20-21-9-7-15-25(17-21)34-24-13-5-2-6-14-24)26-19-31(23-11-3-1-4-12-23)30-27(26)22-10-8-16-29-18-22/h1-19H,20H2. The number of benzene rings is 3. The zero-order valence-electron chi connectivity index (χ0n) is 18.2. The van der Waals surface area contributed by atoms with Gasteiger partial charge in [0.2, 0.25) is 0 Å². The first kappa shape index (κ1) is 21.2. The molecule has 0 saturated heterocycles. The highest BCUT2D eigenvalue weighted by molar-refractivity contribution is 5.96. The number of nitrogens with zero attached hydrogens (tertiary/aromatic N) is 3. The van der Waals surface area contributed by atoms with Crippen LogP contribution >= 0.6 is 0 Å². The van der Waals surface area contributed by atoms with Crippen LogP contribution in [0.4, 0.5) is 0 Å². The summed E-state index contributed by atoms with van der Waals surface area (Å²) in [6.45, 7) is 0.105. The largest absolute Gasteiger partial charge is 0.457 e. The number of esters is 1. The van der Waals surface area contributed by atoms with Crippen LogP contribution in [0, 0.1) is 0 Å². The Morgan fingerprint density at radius 3 is 2.35 bits per heavy atom. The normalized spacial score (nSPS) is 10.6. The van der Waals surface area contributed by atoms with E-state index in [1.54, 1.807) is 23.3 Å². The molecule has 6 nitrogen and oxygen atoms in total. The molecule has 6 heteroatoms. The molecule has 5 rings (SSSR count). The van der Waals surface area contributed by atoms with Crippen LogP contribution in [0.2, 0.25) is 0 Å². The van der Waals surface area contributed by atoms with Crippen molar-refractivity contribution in [1.29, 1.82) is 0 Å². The van der Waals surface area contributed by atoms with Gasteiger partial charge in [0.05, 0.1) is 5.69 Å². The first-order valence-corrected chi connectivity index (χ1v) is 10.8. The topological polar surface area (TPSA) is 66.2 Å². The number of ether oxygens (including phenoxy) is 2. The molecule has 0 spiro atoms. The van der Waals surface area contributed by atoms with Crippen molar-refractivity contribution < 1.29 is 14.3 Å². The van der Waals surface area contributed by atoms with E-state index in [-0.39, 0.29) is 6.61 Å². The summed E-state index contributed by atoms with van der Waals surface area (Å²) in [7, 11) is 0. The van der Waals surface area contributed by atoms with Gasteiger partial charge in [-0.15, -0.1) is 0 Å². The summed E-state index contributed by atoms with van der Waals surface area (Å²) in [5.74, 6) is 0.953. The van der Waals surface area contributed by atoms with Crippen LogP contribution in [-0.4, -0.2) is 20.7 Å². The van der Waals surface area contributed by atoms with E-state index in [0.29, 0.717) is 17.0 Å². The van der Waals surface area contributed by atoms with Crippen molar-refractivity contribution in [2.45, 2.75) is 6.61 Å². The predicted molar refractivity (Wildman–Crippen MR) is 129 cm³/mol. The Morgan fingerprint density at radius 2 is 1.59 bits per heavy atom. The average molecular weight is 447 g/mol. The molecule has 2 aromatic heterocycles. The molecule has 5 aromatic rings. The number of hydrogen-bond donors (Lipinski definition) is 0. The van der Waals surface area contributed by atoms with Crippen molar-refractivity contribution >= 4 is 5.97 Å². The Labute approximate surface area is 197 Å². The third-order valence-electron chi connectivity index (χ3n) is 5.14. The van der Waals surface area contributed by atoms with Gasteiger partial charge in [-0.1, -0.05) is 48.5 Å². The Bertz CT molecular complexity index is 1380. The SMILES string of the molecule is O=C(OCc1cccc(Oc2ccccc2)c1)c1cn(-c2ccccc2)nc1-c1cccnc1. The first-order chi connectivity index (χ1) is 16.8. The Kier molecular flexibility index (Phi) is 6.12. The molecule has 0 fully saturated rings. The Hall–Kier alpha value is -4.71. The highest BCUT2D eigenvalue weighted by Gasteiger charge is 2.20. The molecule has 34 heavy (non-hydrogen) atoms. The van der Waals surface area contributed by atoms with Crippen molar-refractivity contribution in [2.75, 3.05) is 0 Å². The van der Waals surface area contributed by atoms with Gasteiger partial charge >= 0.3 is 5.97 Å². The third-order valence-corrected chi connectivity index (χ3v) is 5.14. The minimum absolute atomic E-state index is 0.105. The summed E-state index contributed by atoms with van der Waals surface area (Å²) in [5.41, 5.74) is 3.29. The minimum atomic E-state index is -0.463. The van der Waals surface area contributed by atoms with Crippen molar-refractivity contribution in [1.82, 2.24) is 14.8 Å². The number of pyridine rings is 1. The molecule has 0 amide bonds. The van der Waals surface area contributed by atoms with Gasteiger partial charge < -0.3 is 9.47 Å². The van der Waals surface area contributed by atoms with Gasteiger partial charge in [0.25, 0.3) is 0 Å². The summed E-state index contributed by atoms with van der Waals surface area (Å²) < 4.78 is 13.2. The maximum absolute atomic E-state index is 13.1. The predicted octanol–water partition coefficient (Wildman–Crippen LogP) is 6.08. The lowest BCUT2D eigenvalue weighted by Gasteiger charge is -2.08. The zero-order chi connectivity index (χ0) is 23.2. The lowest BCUT2D eigenvalue weighted by molar-refractivity contribution is 0.0473. The average Bonchev–Trinajstić information content (AvgIpc) is 3.35. The van der Waals surface area contributed by atoms with E-state index >= 15 is 0 Å². The molecule has 0 radical (unpaired) electrons. The van der Waals surface area contributed by atoms with Gasteiger partial charge in [0.15, 0.2) is 0 Å². The molecule has 0 unspecified atom stereocenters. The molecule has 166 valence electrons. The second-order valence-corrected chi connectivity index (χ2v) is 7.55. The Balaban J connectivity index is 1.36. The Morgan fingerprint density at radius 1 is 0.824 bits per heavy atom. The van der Waals surface area contributed by atoms with Gasteiger partial charge in [-0.3, -0.25) is 4.98 Å². The van der Waals surface area contributed by atoms with E-state index in [9.17, 15) is 4.79 Å². The first-order valence-electron chi connectivity index (χ1n) is 10.8. The molecule has 0 N–H and O–H groups in total. The maximum Gasteiger partial charge on any atom is 0.342 e. The highest BCUT2D eigenvalue weighted by Crippen LogP contribution is 2.25. The number of hydrogen-bond acceptors (Lipinski definition) is 5. The molecule has 3 aromatic carbocycles. The van der Waals surface area contributed by atoms with Crippen molar-refractivity contribution in [3.63, 3.8) is 0 Å². The van der Waals surface area contributed by atoms with E-state index in [4.69, 9.17) is 9.47 Å². The van der Waals surface area contributed by atoms with Crippen LogP contribution in [0.15, 0.2) is 116 Å². The molecule has 0 bridgehead atoms. The van der Waals surface area contributed by atoms with Crippen molar-refractivity contribution in [2.24, 2.45) is 0 Å². The van der Waals surface area contributed by atoms with Crippen LogP contribution in [0.3, 0.4) is 0 Å². The molecular weight excluding hydrogens is 426 g/mol. The molecule has 2 heterocycles. The summed E-state index contributed by atoms with van der Waals surface area (Å²) in [4.78, 5) is 17.3. The fourth-order valence-electron chi connectivity index (χ4n) is 3.50. The lowest BCUT2D eigenvalue weighted by Crippen LogP contribution is -2.06. The van der Waals surface area contributed by atoms with E-state index in [2.05, 4.69) is 10.1 Å². The number of rotatable bonds is 7. The molecule has 0 aliphatic heterocycles. The van der Waals surface area contributed by atoms with Crippen LogP contribution in [0.1, 0.15) is 15.9 Å². The van der Waals surface area contributed by atoms with E-state index in [1.165, 1.54) is 0 Å². The fraction of sp³-hybridized carbons (Fsp3) is 0.0357. The molecule has 0 saturated carbocycles. The smallest absolute Gasteiger partial charge is 0.342 e. The molecule has 0 atom stereocenters. The number of para-hydroxylation sites is 2. The van der Waals surface area contributed by atoms with Crippen LogP contribution in [0.25, 0.3) is 16.9 Å². The maximum atomic E-state index is 13.1. The highest BCUT2D eigenvalue weighted by atomic mass is 16.5. The van der Waals surface area contributed by atoms with E-state index in [1.807, 2.05) is 97.1 Å². The van der Waals surface area contributed by atoms with Crippen LogP contribution in [0.5, 0.6) is 11.5 Å². The quantitative estimate of drug-likeness (QED) is 0.283. The summed E-state index contributed by atoms with van der Waals surface area (Å²) in [6.07, 6.45) is 5.05. The summed E-state index contributed by atoms with van der Waals surface area (Å²) in [6, 6.07) is 30.3. The molecular formula is C28H21N3O3. The van der Waals surface area contributed by atoms with Gasteiger partial charge in [-0.05, 0) is 54.1 Å². The minimum Gasteiger partial charge on any atom is -0.457 e.